The fourth-order valence-electron chi connectivity index (χ4n) is 4.33. The molecule has 1 N–H and O–H groups in total. The maximum Gasteiger partial charge on any atom is 0.263 e. The number of rotatable bonds is 4. The molecule has 158 valence electrons. The van der Waals surface area contributed by atoms with E-state index in [1.165, 1.54) is 11.1 Å². The number of aryl methyl sites for hydroxylation is 1. The molecule has 3 aromatic heterocycles. The Morgan fingerprint density at radius 1 is 1.10 bits per heavy atom. The zero-order valence-corrected chi connectivity index (χ0v) is 17.9. The summed E-state index contributed by atoms with van der Waals surface area (Å²) in [4.78, 5) is 29.3. The zero-order valence-electron chi connectivity index (χ0n) is 17.9. The Kier molecular flexibility index (Phi) is 4.78. The highest BCUT2D eigenvalue weighted by atomic mass is 16.1. The lowest BCUT2D eigenvalue weighted by Gasteiger charge is -2.25. The third-order valence-electron chi connectivity index (χ3n) is 6.05. The molecule has 0 amide bonds. The smallest absolute Gasteiger partial charge is 0.263 e. The van der Waals surface area contributed by atoms with Crippen LogP contribution in [0.5, 0.6) is 0 Å². The monoisotopic (exact) mass is 415 g/mol. The Hall–Kier alpha value is -3.52. The van der Waals surface area contributed by atoms with Crippen molar-refractivity contribution < 1.29 is 0 Å². The minimum Gasteiger partial charge on any atom is -0.340 e. The highest BCUT2D eigenvalue weighted by Crippen LogP contribution is 2.32. The highest BCUT2D eigenvalue weighted by molar-refractivity contribution is 5.76. The summed E-state index contributed by atoms with van der Waals surface area (Å²) in [5.74, 6) is 1.51. The molecule has 0 unspecified atom stereocenters. The van der Waals surface area contributed by atoms with Crippen LogP contribution in [0.25, 0.3) is 16.9 Å². The van der Waals surface area contributed by atoms with Gasteiger partial charge in [-0.05, 0) is 38.7 Å². The molecule has 0 saturated carbocycles. The Bertz CT molecular complexity index is 1260. The minimum atomic E-state index is -0.192. The van der Waals surface area contributed by atoms with Crippen molar-refractivity contribution in [3.8, 4) is 5.82 Å². The Labute approximate surface area is 180 Å². The summed E-state index contributed by atoms with van der Waals surface area (Å²) in [5.41, 5.74) is 2.87. The van der Waals surface area contributed by atoms with Gasteiger partial charge < -0.3 is 9.80 Å². The van der Waals surface area contributed by atoms with Crippen LogP contribution >= 0.6 is 0 Å². The van der Waals surface area contributed by atoms with Crippen LogP contribution in [-0.4, -0.2) is 62.9 Å². The lowest BCUT2D eigenvalue weighted by atomic mass is 9.93. The van der Waals surface area contributed by atoms with E-state index in [1.807, 2.05) is 18.2 Å². The number of anilines is 1. The first kappa shape index (κ1) is 19.4. The van der Waals surface area contributed by atoms with Crippen LogP contribution in [0.1, 0.15) is 17.0 Å². The number of aromatic amines is 1. The molecule has 1 fully saturated rings. The summed E-state index contributed by atoms with van der Waals surface area (Å²) < 4.78 is 1.62. The first-order valence-corrected chi connectivity index (χ1v) is 10.4. The lowest BCUT2D eigenvalue weighted by molar-refractivity contribution is 0.292. The Morgan fingerprint density at radius 3 is 2.61 bits per heavy atom. The quantitative estimate of drug-likeness (QED) is 0.551. The number of pyridine rings is 1. The van der Waals surface area contributed by atoms with E-state index in [1.54, 1.807) is 17.1 Å². The maximum absolute atomic E-state index is 12.8. The van der Waals surface area contributed by atoms with E-state index in [4.69, 9.17) is 4.98 Å². The van der Waals surface area contributed by atoms with Crippen molar-refractivity contribution in [3.63, 3.8) is 0 Å². The molecule has 5 rings (SSSR count). The van der Waals surface area contributed by atoms with E-state index in [0.717, 1.165) is 13.1 Å². The SMILES string of the molecule is Cc1ccc([C@@H]2CN(c3nc4c(cnn4-c4ccccn4)c(=O)[nH]3)C[C@H]2N(C)C)cc1. The number of nitrogens with one attached hydrogen (secondary N) is 1. The molecule has 4 heterocycles. The van der Waals surface area contributed by atoms with Crippen molar-refractivity contribution in [2.45, 2.75) is 18.9 Å². The second-order valence-corrected chi connectivity index (χ2v) is 8.32. The normalized spacial score (nSPS) is 18.9. The average Bonchev–Trinajstić information content (AvgIpc) is 3.40. The Balaban J connectivity index is 1.54. The summed E-state index contributed by atoms with van der Waals surface area (Å²) in [6, 6.07) is 14.6. The molecule has 0 spiro atoms. The number of nitrogens with zero attached hydrogens (tertiary/aromatic N) is 6. The van der Waals surface area contributed by atoms with Crippen molar-refractivity contribution in [1.29, 1.82) is 0 Å². The predicted octanol–water partition coefficient (Wildman–Crippen LogP) is 2.35. The van der Waals surface area contributed by atoms with E-state index in [2.05, 4.69) is 70.2 Å². The summed E-state index contributed by atoms with van der Waals surface area (Å²) in [6.45, 7) is 3.65. The van der Waals surface area contributed by atoms with Gasteiger partial charge in [-0.25, -0.2) is 4.98 Å². The first-order chi connectivity index (χ1) is 15.0. The standard InChI is InChI=1S/C23H25N7O/c1-15-7-9-16(10-8-15)18-13-29(14-19(18)28(2)3)23-26-21-17(22(31)27-23)12-25-30(21)20-6-4-5-11-24-20/h4-12,18-19H,13-14H2,1-3H3,(H,26,27,31)/t18-,19+/m0/s1. The third-order valence-corrected chi connectivity index (χ3v) is 6.05. The Morgan fingerprint density at radius 2 is 1.90 bits per heavy atom. The van der Waals surface area contributed by atoms with Gasteiger partial charge in [-0.2, -0.15) is 14.8 Å². The second kappa shape index (κ2) is 7.63. The summed E-state index contributed by atoms with van der Waals surface area (Å²) in [7, 11) is 4.20. The van der Waals surface area contributed by atoms with E-state index < -0.39 is 0 Å². The number of hydrogen-bond acceptors (Lipinski definition) is 6. The van der Waals surface area contributed by atoms with E-state index in [9.17, 15) is 4.79 Å². The van der Waals surface area contributed by atoms with Gasteiger partial charge in [0.1, 0.15) is 5.39 Å². The van der Waals surface area contributed by atoms with Crippen molar-refractivity contribution in [2.24, 2.45) is 0 Å². The lowest BCUT2D eigenvalue weighted by Crippen LogP contribution is -2.35. The van der Waals surface area contributed by atoms with Crippen LogP contribution in [0.15, 0.2) is 59.7 Å². The van der Waals surface area contributed by atoms with Crippen molar-refractivity contribution >= 4 is 17.0 Å². The van der Waals surface area contributed by atoms with Crippen molar-refractivity contribution in [3.05, 3.63) is 76.3 Å². The molecule has 1 aliphatic heterocycles. The van der Waals surface area contributed by atoms with Gasteiger partial charge in [-0.15, -0.1) is 0 Å². The van der Waals surface area contributed by atoms with Crippen LogP contribution in [0.3, 0.4) is 0 Å². The van der Waals surface area contributed by atoms with Crippen LogP contribution in [0, 0.1) is 6.92 Å². The number of aromatic nitrogens is 5. The fraction of sp³-hybridized carbons (Fsp3) is 0.304. The maximum atomic E-state index is 12.8. The molecule has 1 saturated heterocycles. The molecule has 1 aromatic carbocycles. The largest absolute Gasteiger partial charge is 0.340 e. The van der Waals surface area contributed by atoms with Crippen molar-refractivity contribution in [1.82, 2.24) is 29.6 Å². The summed E-state index contributed by atoms with van der Waals surface area (Å²) in [5, 5.41) is 4.80. The van der Waals surface area contributed by atoms with Crippen LogP contribution < -0.4 is 10.5 Å². The summed E-state index contributed by atoms with van der Waals surface area (Å²) in [6.07, 6.45) is 3.24. The molecule has 2 atom stereocenters. The second-order valence-electron chi connectivity index (χ2n) is 8.32. The molecule has 4 aromatic rings. The number of benzene rings is 1. The van der Waals surface area contributed by atoms with Gasteiger partial charge >= 0.3 is 0 Å². The van der Waals surface area contributed by atoms with Gasteiger partial charge in [-0.3, -0.25) is 9.78 Å². The number of H-pyrrole nitrogens is 1. The van der Waals surface area contributed by atoms with Gasteiger partial charge in [0.15, 0.2) is 11.5 Å². The molecule has 0 bridgehead atoms. The predicted molar refractivity (Wildman–Crippen MR) is 121 cm³/mol. The van der Waals surface area contributed by atoms with Gasteiger partial charge in [0.2, 0.25) is 5.95 Å². The summed E-state index contributed by atoms with van der Waals surface area (Å²) >= 11 is 0. The molecule has 1 aliphatic rings. The van der Waals surface area contributed by atoms with Gasteiger partial charge in [-0.1, -0.05) is 35.9 Å². The third kappa shape index (κ3) is 3.48. The van der Waals surface area contributed by atoms with Gasteiger partial charge in [0, 0.05) is 31.2 Å². The number of likely N-dealkylation sites (N-methyl/N-ethyl adjacent to an activating group) is 1. The minimum absolute atomic E-state index is 0.192. The molecule has 31 heavy (non-hydrogen) atoms. The average molecular weight is 416 g/mol. The first-order valence-electron chi connectivity index (χ1n) is 10.4. The molecule has 0 aliphatic carbocycles. The van der Waals surface area contributed by atoms with Gasteiger partial charge in [0.05, 0.1) is 6.20 Å². The topological polar surface area (TPSA) is 82.9 Å². The zero-order chi connectivity index (χ0) is 21.5. The molecule has 8 heteroatoms. The number of hydrogen-bond donors (Lipinski definition) is 1. The van der Waals surface area contributed by atoms with Crippen LogP contribution in [0.4, 0.5) is 5.95 Å². The number of fused-ring (bicyclic) bond motifs is 1. The van der Waals surface area contributed by atoms with Crippen molar-refractivity contribution in [2.75, 3.05) is 32.1 Å². The highest BCUT2D eigenvalue weighted by Gasteiger charge is 2.36. The van der Waals surface area contributed by atoms with Gasteiger partial charge in [0.25, 0.3) is 5.56 Å². The van der Waals surface area contributed by atoms with E-state index >= 15 is 0 Å². The van der Waals surface area contributed by atoms with E-state index in [-0.39, 0.29) is 5.56 Å². The van der Waals surface area contributed by atoms with E-state index in [0.29, 0.717) is 34.8 Å². The fourth-order valence-corrected chi connectivity index (χ4v) is 4.33. The molecule has 8 nitrogen and oxygen atoms in total. The van der Waals surface area contributed by atoms with Crippen LogP contribution in [-0.2, 0) is 0 Å². The van der Waals surface area contributed by atoms with Crippen LogP contribution in [0.2, 0.25) is 0 Å². The molecule has 0 radical (unpaired) electrons. The molecular formula is C23H25N7O. The molecular weight excluding hydrogens is 390 g/mol.